The summed E-state index contributed by atoms with van der Waals surface area (Å²) in [6, 6.07) is 0. The quantitative estimate of drug-likeness (QED) is 0.748. The lowest BCUT2D eigenvalue weighted by Crippen LogP contribution is -2.53. The van der Waals surface area contributed by atoms with Gasteiger partial charge in [-0.2, -0.15) is 0 Å². The van der Waals surface area contributed by atoms with Gasteiger partial charge < -0.3 is 14.8 Å². The Morgan fingerprint density at radius 1 is 1.27 bits per heavy atom. The van der Waals surface area contributed by atoms with Gasteiger partial charge >= 0.3 is 0 Å². The van der Waals surface area contributed by atoms with Crippen LogP contribution in [0.4, 0.5) is 0 Å². The van der Waals surface area contributed by atoms with Gasteiger partial charge in [-0.1, -0.05) is 0 Å². The Labute approximate surface area is 96.5 Å². The van der Waals surface area contributed by atoms with Crippen molar-refractivity contribution in [3.05, 3.63) is 0 Å². The van der Waals surface area contributed by atoms with E-state index in [0.717, 1.165) is 39.2 Å². The predicted octanol–water partition coefficient (Wildman–Crippen LogP) is 1.54. The summed E-state index contributed by atoms with van der Waals surface area (Å²) >= 11 is 6.06. The van der Waals surface area contributed by atoms with Gasteiger partial charge in [-0.05, 0) is 25.7 Å². The van der Waals surface area contributed by atoms with Crippen molar-refractivity contribution >= 4 is 11.6 Å². The normalized spacial score (nSPS) is 30.6. The van der Waals surface area contributed by atoms with Crippen LogP contribution in [0.3, 0.4) is 0 Å². The third kappa shape index (κ3) is 3.06. The molecule has 2 aliphatic heterocycles. The first-order valence-electron chi connectivity index (χ1n) is 5.85. The zero-order valence-corrected chi connectivity index (χ0v) is 9.89. The lowest BCUT2D eigenvalue weighted by Gasteiger charge is -2.37. The molecule has 2 aliphatic rings. The van der Waals surface area contributed by atoms with E-state index in [1.165, 1.54) is 12.8 Å². The molecule has 88 valence electrons. The largest absolute Gasteiger partial charge is 0.381 e. The molecule has 2 fully saturated rings. The van der Waals surface area contributed by atoms with Gasteiger partial charge in [-0.25, -0.2) is 0 Å². The summed E-state index contributed by atoms with van der Waals surface area (Å²) in [4.78, 5) is 0. The van der Waals surface area contributed by atoms with E-state index in [2.05, 4.69) is 5.32 Å². The number of halogens is 1. The van der Waals surface area contributed by atoms with Crippen LogP contribution in [0.15, 0.2) is 0 Å². The van der Waals surface area contributed by atoms with E-state index in [4.69, 9.17) is 21.1 Å². The smallest absolute Gasteiger partial charge is 0.0700 e. The molecule has 2 rings (SSSR count). The number of nitrogens with one attached hydrogen (secondary N) is 1. The lowest BCUT2D eigenvalue weighted by atomic mass is 9.92. The minimum atomic E-state index is 0.0890. The Bertz CT molecular complexity index is 189. The third-order valence-corrected chi connectivity index (χ3v) is 3.95. The number of alkyl halides is 1. The monoisotopic (exact) mass is 233 g/mol. The molecule has 1 atom stereocenters. The van der Waals surface area contributed by atoms with Crippen molar-refractivity contribution in [3.63, 3.8) is 0 Å². The Kier molecular flexibility index (Phi) is 4.26. The van der Waals surface area contributed by atoms with Gasteiger partial charge in [0.1, 0.15) is 0 Å². The molecular weight excluding hydrogens is 214 g/mol. The molecule has 2 saturated heterocycles. The van der Waals surface area contributed by atoms with Crippen LogP contribution in [0.5, 0.6) is 0 Å². The highest BCUT2D eigenvalue weighted by atomic mass is 35.5. The second-order valence-electron chi connectivity index (χ2n) is 4.54. The SMILES string of the molecule is ClCC1(NCC2CCCO2)CCOCC1. The van der Waals surface area contributed by atoms with E-state index < -0.39 is 0 Å². The fourth-order valence-corrected chi connectivity index (χ4v) is 2.62. The van der Waals surface area contributed by atoms with Crippen molar-refractivity contribution in [1.82, 2.24) is 5.32 Å². The van der Waals surface area contributed by atoms with Crippen molar-refractivity contribution in [1.29, 1.82) is 0 Å². The zero-order valence-electron chi connectivity index (χ0n) is 9.14. The molecule has 0 bridgehead atoms. The molecule has 0 spiro atoms. The van der Waals surface area contributed by atoms with E-state index in [1.807, 2.05) is 0 Å². The molecule has 4 heteroatoms. The van der Waals surface area contributed by atoms with Gasteiger partial charge in [0.2, 0.25) is 0 Å². The van der Waals surface area contributed by atoms with Crippen LogP contribution in [0, 0.1) is 0 Å². The number of hydrogen-bond acceptors (Lipinski definition) is 3. The summed E-state index contributed by atoms with van der Waals surface area (Å²) in [5.74, 6) is 0.670. The van der Waals surface area contributed by atoms with E-state index in [-0.39, 0.29) is 5.54 Å². The molecule has 0 aromatic rings. The molecule has 1 N–H and O–H groups in total. The summed E-state index contributed by atoms with van der Waals surface area (Å²) in [6.07, 6.45) is 4.81. The van der Waals surface area contributed by atoms with Crippen LogP contribution in [-0.2, 0) is 9.47 Å². The van der Waals surface area contributed by atoms with Crippen molar-refractivity contribution < 1.29 is 9.47 Å². The molecule has 0 aromatic heterocycles. The maximum absolute atomic E-state index is 6.06. The van der Waals surface area contributed by atoms with Crippen molar-refractivity contribution in [3.8, 4) is 0 Å². The van der Waals surface area contributed by atoms with Crippen LogP contribution in [0.25, 0.3) is 0 Å². The topological polar surface area (TPSA) is 30.5 Å². The van der Waals surface area contributed by atoms with Gasteiger partial charge in [-0.15, -0.1) is 11.6 Å². The van der Waals surface area contributed by atoms with Crippen molar-refractivity contribution in [2.24, 2.45) is 0 Å². The standard InChI is InChI=1S/C11H20ClNO2/c12-9-11(3-6-14-7-4-11)13-8-10-2-1-5-15-10/h10,13H,1-9H2. The molecule has 3 nitrogen and oxygen atoms in total. The van der Waals surface area contributed by atoms with E-state index in [9.17, 15) is 0 Å². The van der Waals surface area contributed by atoms with Gasteiger partial charge in [0.15, 0.2) is 0 Å². The molecule has 2 heterocycles. The molecule has 0 aromatic carbocycles. The van der Waals surface area contributed by atoms with Gasteiger partial charge in [0, 0.05) is 37.8 Å². The average Bonchev–Trinajstić information content (AvgIpc) is 2.81. The maximum atomic E-state index is 6.06. The summed E-state index contributed by atoms with van der Waals surface area (Å²) in [5.41, 5.74) is 0.0890. The van der Waals surface area contributed by atoms with Crippen LogP contribution >= 0.6 is 11.6 Å². The number of rotatable bonds is 4. The van der Waals surface area contributed by atoms with E-state index in [0.29, 0.717) is 12.0 Å². The van der Waals surface area contributed by atoms with Gasteiger partial charge in [0.25, 0.3) is 0 Å². The highest BCUT2D eigenvalue weighted by Gasteiger charge is 2.32. The number of ether oxygens (including phenoxy) is 2. The minimum absolute atomic E-state index is 0.0890. The van der Waals surface area contributed by atoms with Crippen LogP contribution in [0.1, 0.15) is 25.7 Å². The first-order chi connectivity index (χ1) is 7.35. The second kappa shape index (κ2) is 5.48. The Hall–Kier alpha value is 0.170. The third-order valence-electron chi connectivity index (χ3n) is 3.43. The van der Waals surface area contributed by atoms with Crippen molar-refractivity contribution in [2.45, 2.75) is 37.3 Å². The molecule has 1 unspecified atom stereocenters. The fourth-order valence-electron chi connectivity index (χ4n) is 2.26. The van der Waals surface area contributed by atoms with Gasteiger partial charge in [0.05, 0.1) is 6.10 Å². The van der Waals surface area contributed by atoms with Gasteiger partial charge in [-0.3, -0.25) is 0 Å². The molecule has 15 heavy (non-hydrogen) atoms. The highest BCUT2D eigenvalue weighted by Crippen LogP contribution is 2.23. The Morgan fingerprint density at radius 3 is 2.67 bits per heavy atom. The maximum Gasteiger partial charge on any atom is 0.0700 e. The van der Waals surface area contributed by atoms with Crippen LogP contribution in [-0.4, -0.2) is 43.9 Å². The van der Waals surface area contributed by atoms with Crippen molar-refractivity contribution in [2.75, 3.05) is 32.2 Å². The predicted molar refractivity (Wildman–Crippen MR) is 60.5 cm³/mol. The van der Waals surface area contributed by atoms with Crippen LogP contribution in [0.2, 0.25) is 0 Å². The lowest BCUT2D eigenvalue weighted by molar-refractivity contribution is 0.0366. The minimum Gasteiger partial charge on any atom is -0.381 e. The zero-order chi connectivity index (χ0) is 10.6. The first kappa shape index (κ1) is 11.6. The molecule has 0 aliphatic carbocycles. The highest BCUT2D eigenvalue weighted by molar-refractivity contribution is 6.18. The first-order valence-corrected chi connectivity index (χ1v) is 6.38. The van der Waals surface area contributed by atoms with Crippen LogP contribution < -0.4 is 5.32 Å². The Balaban J connectivity index is 1.78. The summed E-state index contributed by atoms with van der Waals surface area (Å²) in [7, 11) is 0. The second-order valence-corrected chi connectivity index (χ2v) is 4.81. The average molecular weight is 234 g/mol. The summed E-state index contributed by atoms with van der Waals surface area (Å²) in [5, 5.41) is 3.59. The molecule has 0 radical (unpaired) electrons. The summed E-state index contributed by atoms with van der Waals surface area (Å²) < 4.78 is 11.0. The Morgan fingerprint density at radius 2 is 2.07 bits per heavy atom. The number of hydrogen-bond donors (Lipinski definition) is 1. The van der Waals surface area contributed by atoms with E-state index >= 15 is 0 Å². The molecular formula is C11H20ClNO2. The summed E-state index contributed by atoms with van der Waals surface area (Å²) in [6.45, 7) is 3.51. The fraction of sp³-hybridized carbons (Fsp3) is 1.00. The molecule has 0 saturated carbocycles. The van der Waals surface area contributed by atoms with E-state index in [1.54, 1.807) is 0 Å². The molecule has 0 amide bonds.